The Balaban J connectivity index is 1.55. The van der Waals surface area contributed by atoms with Crippen LogP contribution >= 0.6 is 0 Å². The molecular formula is C27H29FN2O. The van der Waals surface area contributed by atoms with Gasteiger partial charge in [-0.1, -0.05) is 67.6 Å². The van der Waals surface area contributed by atoms with Crippen LogP contribution in [0, 0.1) is 11.7 Å². The van der Waals surface area contributed by atoms with Crippen LogP contribution in [0.3, 0.4) is 0 Å². The Morgan fingerprint density at radius 2 is 1.68 bits per heavy atom. The topological polar surface area (TPSA) is 32.3 Å². The highest BCUT2D eigenvalue weighted by molar-refractivity contribution is 5.92. The van der Waals surface area contributed by atoms with Gasteiger partial charge in [-0.2, -0.15) is 0 Å². The van der Waals surface area contributed by atoms with Crippen molar-refractivity contribution in [2.75, 3.05) is 18.4 Å². The quantitative estimate of drug-likeness (QED) is 0.565. The predicted molar refractivity (Wildman–Crippen MR) is 123 cm³/mol. The number of carbonyl (C=O) groups excluding carboxylic acids is 1. The number of piperidine rings is 1. The van der Waals surface area contributed by atoms with Crippen LogP contribution in [0.25, 0.3) is 0 Å². The third-order valence-electron chi connectivity index (χ3n) is 6.15. The number of carbonyl (C=O) groups is 1. The fraction of sp³-hybridized carbons (Fsp3) is 0.296. The molecular weight excluding hydrogens is 387 g/mol. The van der Waals surface area contributed by atoms with Crippen LogP contribution in [0.5, 0.6) is 0 Å². The highest BCUT2D eigenvalue weighted by Crippen LogP contribution is 2.32. The van der Waals surface area contributed by atoms with Gasteiger partial charge in [0.1, 0.15) is 5.82 Å². The maximum Gasteiger partial charge on any atom is 0.228 e. The molecule has 1 amide bonds. The first kappa shape index (κ1) is 21.3. The van der Waals surface area contributed by atoms with Gasteiger partial charge in [0.15, 0.2) is 0 Å². The number of hydrogen-bond acceptors (Lipinski definition) is 2. The van der Waals surface area contributed by atoms with Crippen molar-refractivity contribution in [2.24, 2.45) is 5.92 Å². The number of nitrogens with one attached hydrogen (secondary N) is 1. The van der Waals surface area contributed by atoms with Crippen molar-refractivity contribution in [3.05, 3.63) is 101 Å². The van der Waals surface area contributed by atoms with E-state index in [0.717, 1.165) is 25.1 Å². The van der Waals surface area contributed by atoms with E-state index in [2.05, 4.69) is 41.4 Å². The average molecular weight is 417 g/mol. The smallest absolute Gasteiger partial charge is 0.228 e. The van der Waals surface area contributed by atoms with Crippen LogP contribution in [0.1, 0.15) is 36.0 Å². The Labute approximate surface area is 183 Å². The molecule has 3 aromatic rings. The van der Waals surface area contributed by atoms with E-state index >= 15 is 0 Å². The number of benzene rings is 3. The second-order valence-electron chi connectivity index (χ2n) is 8.37. The highest BCUT2D eigenvalue weighted by atomic mass is 19.1. The summed E-state index contributed by atoms with van der Waals surface area (Å²) < 4.78 is 14.3. The van der Waals surface area contributed by atoms with Gasteiger partial charge in [0.25, 0.3) is 0 Å². The molecule has 2 atom stereocenters. The molecule has 0 radical (unpaired) electrons. The first-order chi connectivity index (χ1) is 15.1. The first-order valence-electron chi connectivity index (χ1n) is 11.0. The molecule has 4 heteroatoms. The largest absolute Gasteiger partial charge is 0.326 e. The molecule has 31 heavy (non-hydrogen) atoms. The molecule has 1 fully saturated rings. The molecule has 1 aliphatic rings. The molecule has 3 aromatic carbocycles. The minimum atomic E-state index is -0.192. The fourth-order valence-corrected chi connectivity index (χ4v) is 4.41. The van der Waals surface area contributed by atoms with E-state index in [9.17, 15) is 9.18 Å². The Hall–Kier alpha value is -2.98. The standard InChI is InChI=1S/C27H29FN2O/c1-2-20-12-14-21(15-13-20)23-16-24(27(31)29-25-9-4-3-5-10-25)19-30(18-23)17-22-8-6-7-11-26(22)28/h3-15,23-24H,2,16-19H2,1H3,(H,29,31). The summed E-state index contributed by atoms with van der Waals surface area (Å²) in [5.74, 6) is -0.0867. The van der Waals surface area contributed by atoms with Crippen LogP contribution in [-0.4, -0.2) is 23.9 Å². The highest BCUT2D eigenvalue weighted by Gasteiger charge is 2.32. The van der Waals surface area contributed by atoms with Gasteiger partial charge < -0.3 is 5.32 Å². The monoisotopic (exact) mass is 416 g/mol. The van der Waals surface area contributed by atoms with Crippen LogP contribution in [0.15, 0.2) is 78.9 Å². The molecule has 2 unspecified atom stereocenters. The summed E-state index contributed by atoms with van der Waals surface area (Å²) >= 11 is 0. The van der Waals surface area contributed by atoms with Gasteiger partial charge >= 0.3 is 0 Å². The van der Waals surface area contributed by atoms with E-state index in [-0.39, 0.29) is 23.6 Å². The number of aryl methyl sites for hydroxylation is 1. The molecule has 0 aliphatic carbocycles. The van der Waals surface area contributed by atoms with Crippen molar-refractivity contribution in [1.29, 1.82) is 0 Å². The Kier molecular flexibility index (Phi) is 6.78. The van der Waals surface area contributed by atoms with Crippen molar-refractivity contribution in [3.63, 3.8) is 0 Å². The van der Waals surface area contributed by atoms with Crippen molar-refractivity contribution in [3.8, 4) is 0 Å². The number of nitrogens with zero attached hydrogens (tertiary/aromatic N) is 1. The lowest BCUT2D eigenvalue weighted by atomic mass is 9.83. The normalized spacial score (nSPS) is 19.2. The number of likely N-dealkylation sites (tertiary alicyclic amines) is 1. The van der Waals surface area contributed by atoms with Crippen molar-refractivity contribution in [2.45, 2.75) is 32.2 Å². The number of anilines is 1. The van der Waals surface area contributed by atoms with Gasteiger partial charge in [-0.3, -0.25) is 9.69 Å². The summed E-state index contributed by atoms with van der Waals surface area (Å²) in [6.45, 7) is 4.09. The van der Waals surface area contributed by atoms with Crippen LogP contribution in [-0.2, 0) is 17.8 Å². The SMILES string of the molecule is CCc1ccc(C2CC(C(=O)Nc3ccccc3)CN(Cc3ccccc3F)C2)cc1. The average Bonchev–Trinajstić information content (AvgIpc) is 2.81. The maximum absolute atomic E-state index is 14.3. The van der Waals surface area contributed by atoms with E-state index in [4.69, 9.17) is 0 Å². The molecule has 0 aromatic heterocycles. The number of hydrogen-bond donors (Lipinski definition) is 1. The van der Waals surface area contributed by atoms with Gasteiger partial charge in [-0.05, 0) is 48.1 Å². The third kappa shape index (κ3) is 5.39. The summed E-state index contributed by atoms with van der Waals surface area (Å²) in [5.41, 5.74) is 4.03. The number of rotatable bonds is 6. The molecule has 1 saturated heterocycles. The van der Waals surface area contributed by atoms with Gasteiger partial charge in [-0.15, -0.1) is 0 Å². The Bertz CT molecular complexity index is 1000. The van der Waals surface area contributed by atoms with Gasteiger partial charge in [0.2, 0.25) is 5.91 Å². The number of halogens is 1. The second kappa shape index (κ2) is 9.88. The van der Waals surface area contributed by atoms with Crippen LogP contribution in [0.4, 0.5) is 10.1 Å². The molecule has 1 N–H and O–H groups in total. The molecule has 0 saturated carbocycles. The van der Waals surface area contributed by atoms with Gasteiger partial charge in [0, 0.05) is 30.9 Å². The zero-order chi connectivity index (χ0) is 21.6. The summed E-state index contributed by atoms with van der Waals surface area (Å²) in [4.78, 5) is 15.3. The van der Waals surface area contributed by atoms with Gasteiger partial charge in [0.05, 0.1) is 5.92 Å². The lowest BCUT2D eigenvalue weighted by molar-refractivity contribution is -0.121. The zero-order valence-electron chi connectivity index (χ0n) is 17.9. The summed E-state index contributed by atoms with van der Waals surface area (Å²) in [6, 6.07) is 25.2. The molecule has 1 aliphatic heterocycles. The van der Waals surface area contributed by atoms with E-state index in [1.807, 2.05) is 42.5 Å². The number of amides is 1. The minimum absolute atomic E-state index is 0.0274. The predicted octanol–water partition coefficient (Wildman–Crippen LogP) is 5.63. The summed E-state index contributed by atoms with van der Waals surface area (Å²) in [5, 5.41) is 3.06. The van der Waals surface area contributed by atoms with E-state index in [1.165, 1.54) is 17.2 Å². The van der Waals surface area contributed by atoms with Crippen LogP contribution < -0.4 is 5.32 Å². The maximum atomic E-state index is 14.3. The molecule has 0 bridgehead atoms. The molecule has 1 heterocycles. The van der Waals surface area contributed by atoms with Gasteiger partial charge in [-0.25, -0.2) is 4.39 Å². The molecule has 0 spiro atoms. The van der Waals surface area contributed by atoms with Crippen molar-refractivity contribution in [1.82, 2.24) is 4.90 Å². The number of para-hydroxylation sites is 1. The first-order valence-corrected chi connectivity index (χ1v) is 11.0. The van der Waals surface area contributed by atoms with E-state index < -0.39 is 0 Å². The Morgan fingerprint density at radius 1 is 0.968 bits per heavy atom. The Morgan fingerprint density at radius 3 is 2.39 bits per heavy atom. The molecule has 160 valence electrons. The molecule has 3 nitrogen and oxygen atoms in total. The second-order valence-corrected chi connectivity index (χ2v) is 8.37. The zero-order valence-corrected chi connectivity index (χ0v) is 17.9. The molecule has 4 rings (SSSR count). The summed E-state index contributed by atoms with van der Waals surface area (Å²) in [6.07, 6.45) is 1.80. The minimum Gasteiger partial charge on any atom is -0.326 e. The van der Waals surface area contributed by atoms with Crippen molar-refractivity contribution >= 4 is 11.6 Å². The third-order valence-corrected chi connectivity index (χ3v) is 6.15. The fourth-order valence-electron chi connectivity index (χ4n) is 4.41. The lowest BCUT2D eigenvalue weighted by Crippen LogP contribution is -2.43. The van der Waals surface area contributed by atoms with Crippen molar-refractivity contribution < 1.29 is 9.18 Å². The lowest BCUT2D eigenvalue weighted by Gasteiger charge is -2.37. The van der Waals surface area contributed by atoms with E-state index in [0.29, 0.717) is 18.7 Å². The summed E-state index contributed by atoms with van der Waals surface area (Å²) in [7, 11) is 0. The van der Waals surface area contributed by atoms with E-state index in [1.54, 1.807) is 6.07 Å². The van der Waals surface area contributed by atoms with Crippen LogP contribution in [0.2, 0.25) is 0 Å².